The fourth-order valence-corrected chi connectivity index (χ4v) is 2.07. The normalized spacial score (nSPS) is 25.4. The van der Waals surface area contributed by atoms with Gasteiger partial charge in [0.25, 0.3) is 0 Å². The van der Waals surface area contributed by atoms with E-state index in [1.54, 1.807) is 0 Å². The third-order valence-corrected chi connectivity index (χ3v) is 2.79. The summed E-state index contributed by atoms with van der Waals surface area (Å²) in [5, 5.41) is 9.77. The smallest absolute Gasteiger partial charge is 0.160 e. The van der Waals surface area contributed by atoms with Gasteiger partial charge < -0.3 is 14.6 Å². The molecule has 1 N–H and O–H groups in total. The van der Waals surface area contributed by atoms with Crippen molar-refractivity contribution in [3.8, 4) is 0 Å². The monoisotopic (exact) mass is 198 g/mol. The van der Waals surface area contributed by atoms with Crippen LogP contribution >= 0.6 is 0 Å². The minimum Gasteiger partial charge on any atom is -0.393 e. The van der Waals surface area contributed by atoms with Gasteiger partial charge in [0.1, 0.15) is 0 Å². The van der Waals surface area contributed by atoms with E-state index in [1.165, 1.54) is 18.4 Å². The molecule has 1 aliphatic heterocycles. The van der Waals surface area contributed by atoms with Gasteiger partial charge in [0.15, 0.2) is 6.29 Å². The lowest BCUT2D eigenvalue weighted by Gasteiger charge is -2.15. The zero-order valence-corrected chi connectivity index (χ0v) is 8.45. The highest BCUT2D eigenvalue weighted by Crippen LogP contribution is 2.24. The molecule has 2 rings (SSSR count). The molecule has 0 saturated carbocycles. The van der Waals surface area contributed by atoms with E-state index in [0.717, 1.165) is 12.8 Å². The van der Waals surface area contributed by atoms with Gasteiger partial charge in [-0.2, -0.15) is 0 Å². The Labute approximate surface area is 84.7 Å². The molecule has 0 spiro atoms. The second-order valence-electron chi connectivity index (χ2n) is 4.02. The molecule has 0 radical (unpaired) electrons. The molecule has 0 aromatic heterocycles. The number of hydrogen-bond acceptors (Lipinski definition) is 3. The van der Waals surface area contributed by atoms with E-state index in [0.29, 0.717) is 19.6 Å². The van der Waals surface area contributed by atoms with Crippen LogP contribution in [-0.4, -0.2) is 30.7 Å². The molecular weight excluding hydrogens is 180 g/mol. The summed E-state index contributed by atoms with van der Waals surface area (Å²) in [6.07, 6.45) is 6.76. The molecule has 0 bridgehead atoms. The third kappa shape index (κ3) is 2.80. The second kappa shape index (κ2) is 4.91. The minimum absolute atomic E-state index is 0.174. The van der Waals surface area contributed by atoms with E-state index in [4.69, 9.17) is 9.47 Å². The van der Waals surface area contributed by atoms with Crippen LogP contribution in [0.4, 0.5) is 0 Å². The summed E-state index contributed by atoms with van der Waals surface area (Å²) in [5.74, 6) is 0. The van der Waals surface area contributed by atoms with Gasteiger partial charge in [0.2, 0.25) is 0 Å². The summed E-state index contributed by atoms with van der Waals surface area (Å²) in [6.45, 7) is 1.33. The van der Waals surface area contributed by atoms with Crippen molar-refractivity contribution in [1.82, 2.24) is 0 Å². The Kier molecular flexibility index (Phi) is 3.56. The lowest BCUT2D eigenvalue weighted by molar-refractivity contribution is -0.0698. The Morgan fingerprint density at radius 1 is 1.43 bits per heavy atom. The summed E-state index contributed by atoms with van der Waals surface area (Å²) < 4.78 is 10.6. The van der Waals surface area contributed by atoms with Gasteiger partial charge in [-0.3, -0.25) is 0 Å². The van der Waals surface area contributed by atoms with Crippen LogP contribution in [0.3, 0.4) is 0 Å². The van der Waals surface area contributed by atoms with E-state index >= 15 is 0 Å². The van der Waals surface area contributed by atoms with Gasteiger partial charge in [-0.05, 0) is 25.7 Å². The standard InChI is InChI=1S/C11H18O3/c12-10(7-9-3-1-2-4-9)8-11-13-5-6-14-11/h3,10-12H,1-2,4-8H2. The maximum absolute atomic E-state index is 9.77. The van der Waals surface area contributed by atoms with Gasteiger partial charge in [-0.1, -0.05) is 11.6 Å². The summed E-state index contributed by atoms with van der Waals surface area (Å²) in [7, 11) is 0. The third-order valence-electron chi connectivity index (χ3n) is 2.79. The first-order valence-electron chi connectivity index (χ1n) is 5.44. The Morgan fingerprint density at radius 3 is 2.86 bits per heavy atom. The first-order valence-corrected chi connectivity index (χ1v) is 5.44. The maximum Gasteiger partial charge on any atom is 0.160 e. The molecule has 3 nitrogen and oxygen atoms in total. The molecule has 14 heavy (non-hydrogen) atoms. The fourth-order valence-electron chi connectivity index (χ4n) is 2.07. The lowest BCUT2D eigenvalue weighted by atomic mass is 10.1. The lowest BCUT2D eigenvalue weighted by Crippen LogP contribution is -2.18. The largest absolute Gasteiger partial charge is 0.393 e. The second-order valence-corrected chi connectivity index (χ2v) is 4.02. The average molecular weight is 198 g/mol. The highest BCUT2D eigenvalue weighted by molar-refractivity contribution is 5.08. The minimum atomic E-state index is -0.303. The van der Waals surface area contributed by atoms with Crippen LogP contribution < -0.4 is 0 Å². The van der Waals surface area contributed by atoms with Crippen molar-refractivity contribution in [2.45, 2.75) is 44.5 Å². The molecule has 0 amide bonds. The van der Waals surface area contributed by atoms with Crippen LogP contribution in [0.1, 0.15) is 32.1 Å². The van der Waals surface area contributed by atoms with Crippen molar-refractivity contribution >= 4 is 0 Å². The SMILES string of the molecule is OC(CC1=CCCC1)CC1OCCO1. The maximum atomic E-state index is 9.77. The molecule has 0 aromatic carbocycles. The van der Waals surface area contributed by atoms with Crippen LogP contribution in [0.2, 0.25) is 0 Å². The van der Waals surface area contributed by atoms with Crippen molar-refractivity contribution in [2.75, 3.05) is 13.2 Å². The highest BCUT2D eigenvalue weighted by atomic mass is 16.7. The number of rotatable bonds is 4. The molecule has 0 aromatic rings. The van der Waals surface area contributed by atoms with Crippen LogP contribution in [0.15, 0.2) is 11.6 Å². The van der Waals surface area contributed by atoms with Gasteiger partial charge >= 0.3 is 0 Å². The fraction of sp³-hybridized carbons (Fsp3) is 0.818. The number of ether oxygens (including phenoxy) is 2. The molecule has 1 aliphatic carbocycles. The van der Waals surface area contributed by atoms with E-state index in [9.17, 15) is 5.11 Å². The van der Waals surface area contributed by atoms with Crippen molar-refractivity contribution in [1.29, 1.82) is 0 Å². The number of hydrogen-bond donors (Lipinski definition) is 1. The molecule has 1 fully saturated rings. The Balaban J connectivity index is 1.69. The highest BCUT2D eigenvalue weighted by Gasteiger charge is 2.21. The van der Waals surface area contributed by atoms with Crippen LogP contribution in [-0.2, 0) is 9.47 Å². The molecule has 1 saturated heterocycles. The summed E-state index contributed by atoms with van der Waals surface area (Å²) >= 11 is 0. The Bertz CT molecular complexity index is 207. The predicted octanol–water partition coefficient (Wildman–Crippen LogP) is 1.61. The summed E-state index contributed by atoms with van der Waals surface area (Å²) in [4.78, 5) is 0. The van der Waals surface area contributed by atoms with Crippen molar-refractivity contribution in [3.05, 3.63) is 11.6 Å². The van der Waals surface area contributed by atoms with Gasteiger partial charge in [0, 0.05) is 6.42 Å². The van der Waals surface area contributed by atoms with E-state index in [2.05, 4.69) is 6.08 Å². The first kappa shape index (κ1) is 10.1. The molecule has 80 valence electrons. The van der Waals surface area contributed by atoms with Crippen molar-refractivity contribution in [2.24, 2.45) is 0 Å². The quantitative estimate of drug-likeness (QED) is 0.697. The van der Waals surface area contributed by atoms with E-state index in [-0.39, 0.29) is 12.4 Å². The van der Waals surface area contributed by atoms with Gasteiger partial charge in [-0.15, -0.1) is 0 Å². The zero-order chi connectivity index (χ0) is 9.80. The molecule has 1 atom stereocenters. The molecular formula is C11H18O3. The zero-order valence-electron chi connectivity index (χ0n) is 8.45. The van der Waals surface area contributed by atoms with Crippen molar-refractivity contribution < 1.29 is 14.6 Å². The van der Waals surface area contributed by atoms with Gasteiger partial charge in [-0.25, -0.2) is 0 Å². The first-order chi connectivity index (χ1) is 6.84. The van der Waals surface area contributed by atoms with Crippen LogP contribution in [0, 0.1) is 0 Å². The number of aliphatic hydroxyl groups excluding tert-OH is 1. The predicted molar refractivity (Wildman–Crippen MR) is 52.9 cm³/mol. The molecule has 1 heterocycles. The van der Waals surface area contributed by atoms with Crippen LogP contribution in [0.25, 0.3) is 0 Å². The topological polar surface area (TPSA) is 38.7 Å². The van der Waals surface area contributed by atoms with Crippen molar-refractivity contribution in [3.63, 3.8) is 0 Å². The van der Waals surface area contributed by atoms with Crippen LogP contribution in [0.5, 0.6) is 0 Å². The number of allylic oxidation sites excluding steroid dienone is 1. The molecule has 1 unspecified atom stereocenters. The average Bonchev–Trinajstić information content (AvgIpc) is 2.76. The number of aliphatic hydroxyl groups is 1. The van der Waals surface area contributed by atoms with Gasteiger partial charge in [0.05, 0.1) is 19.3 Å². The van der Waals surface area contributed by atoms with E-state index in [1.807, 2.05) is 0 Å². The molecule has 3 heteroatoms. The Hall–Kier alpha value is -0.380. The Morgan fingerprint density at radius 2 is 2.21 bits per heavy atom. The van der Waals surface area contributed by atoms with E-state index < -0.39 is 0 Å². The summed E-state index contributed by atoms with van der Waals surface area (Å²) in [5.41, 5.74) is 1.40. The summed E-state index contributed by atoms with van der Waals surface area (Å²) in [6, 6.07) is 0. The molecule has 2 aliphatic rings.